The van der Waals surface area contributed by atoms with E-state index in [1.54, 1.807) is 6.92 Å². The number of hydrogen-bond donors (Lipinski definition) is 1. The fourth-order valence-electron chi connectivity index (χ4n) is 2.21. The Labute approximate surface area is 124 Å². The maximum absolute atomic E-state index is 11.3. The van der Waals surface area contributed by atoms with Crippen LogP contribution in [0, 0.1) is 0 Å². The normalized spacial score (nSPS) is 16.4. The highest BCUT2D eigenvalue weighted by molar-refractivity contribution is 6.28. The summed E-state index contributed by atoms with van der Waals surface area (Å²) in [6.07, 6.45) is 0. The fraction of sp³-hybridized carbons (Fsp3) is 0.429. The van der Waals surface area contributed by atoms with E-state index in [4.69, 9.17) is 17.3 Å². The smallest absolute Gasteiger partial charge is 0.219 e. The molecule has 1 aromatic carbocycles. The molecule has 20 heavy (non-hydrogen) atoms. The summed E-state index contributed by atoms with van der Waals surface area (Å²) >= 11 is 5.60. The van der Waals surface area contributed by atoms with E-state index < -0.39 is 0 Å². The Kier molecular flexibility index (Phi) is 4.84. The van der Waals surface area contributed by atoms with Gasteiger partial charge in [-0.3, -0.25) is 4.79 Å². The molecule has 0 radical (unpaired) electrons. The van der Waals surface area contributed by atoms with Gasteiger partial charge in [-0.1, -0.05) is 0 Å². The van der Waals surface area contributed by atoms with Gasteiger partial charge in [0.2, 0.25) is 5.91 Å². The zero-order valence-electron chi connectivity index (χ0n) is 11.6. The van der Waals surface area contributed by atoms with Gasteiger partial charge in [-0.25, -0.2) is 4.99 Å². The van der Waals surface area contributed by atoms with Crippen LogP contribution >= 0.6 is 11.6 Å². The molecule has 1 amide bonds. The first-order valence-corrected chi connectivity index (χ1v) is 7.13. The lowest BCUT2D eigenvalue weighted by Gasteiger charge is -2.35. The van der Waals surface area contributed by atoms with Crippen molar-refractivity contribution in [2.24, 2.45) is 10.7 Å². The van der Waals surface area contributed by atoms with Crippen LogP contribution < -0.4 is 10.6 Å². The molecule has 0 aromatic heterocycles. The van der Waals surface area contributed by atoms with Crippen molar-refractivity contribution in [3.63, 3.8) is 0 Å². The topological polar surface area (TPSA) is 61.9 Å². The Balaban J connectivity index is 1.99. The number of anilines is 1. The van der Waals surface area contributed by atoms with Gasteiger partial charge >= 0.3 is 0 Å². The van der Waals surface area contributed by atoms with Crippen LogP contribution in [-0.4, -0.2) is 48.7 Å². The van der Waals surface area contributed by atoms with Crippen LogP contribution in [0.2, 0.25) is 0 Å². The number of carbonyl (C=O) groups is 1. The summed E-state index contributed by atoms with van der Waals surface area (Å²) in [5.41, 5.74) is 7.54. The maximum atomic E-state index is 11.3. The van der Waals surface area contributed by atoms with Gasteiger partial charge in [0.1, 0.15) is 5.84 Å². The number of hydrogen-bond acceptors (Lipinski definition) is 3. The molecule has 1 aromatic rings. The number of benzene rings is 1. The molecule has 0 atom stereocenters. The zero-order valence-corrected chi connectivity index (χ0v) is 12.3. The number of nitrogens with two attached hydrogens (primary N) is 1. The highest BCUT2D eigenvalue weighted by Crippen LogP contribution is 2.21. The SMILES string of the molecule is CC(=O)N1CCN(c2ccc(N=C(N)CCl)cc2)CC1. The Morgan fingerprint density at radius 2 is 1.85 bits per heavy atom. The predicted octanol–water partition coefficient (Wildman–Crippen LogP) is 1.58. The third-order valence-electron chi connectivity index (χ3n) is 3.35. The Hall–Kier alpha value is -1.75. The molecule has 0 saturated carbocycles. The molecule has 1 aliphatic heterocycles. The quantitative estimate of drug-likeness (QED) is 0.523. The number of alkyl halides is 1. The number of nitrogens with zero attached hydrogens (tertiary/aromatic N) is 3. The second-order valence-electron chi connectivity index (χ2n) is 4.75. The minimum absolute atomic E-state index is 0.144. The number of aliphatic imine (C=N–C) groups is 1. The summed E-state index contributed by atoms with van der Waals surface area (Å²) in [5.74, 6) is 0.787. The fourth-order valence-corrected chi connectivity index (χ4v) is 2.27. The van der Waals surface area contributed by atoms with Gasteiger partial charge in [0.15, 0.2) is 0 Å². The molecule has 0 bridgehead atoms. The molecule has 2 N–H and O–H groups in total. The lowest BCUT2D eigenvalue weighted by atomic mass is 10.2. The maximum Gasteiger partial charge on any atom is 0.219 e. The van der Waals surface area contributed by atoms with Crippen LogP contribution in [0.1, 0.15) is 6.92 Å². The second kappa shape index (κ2) is 6.61. The van der Waals surface area contributed by atoms with Crippen molar-refractivity contribution in [3.05, 3.63) is 24.3 Å². The number of amides is 1. The van der Waals surface area contributed by atoms with Gasteiger partial charge in [0.25, 0.3) is 0 Å². The standard InChI is InChI=1S/C14H19ClN4O/c1-11(20)18-6-8-19(9-7-18)13-4-2-12(3-5-13)17-14(16)10-15/h2-5H,6-10H2,1H3,(H2,16,17). The van der Waals surface area contributed by atoms with E-state index in [2.05, 4.69) is 9.89 Å². The number of amidine groups is 1. The van der Waals surface area contributed by atoms with Gasteiger partial charge in [0, 0.05) is 38.8 Å². The average Bonchev–Trinajstić information content (AvgIpc) is 2.48. The van der Waals surface area contributed by atoms with E-state index in [9.17, 15) is 4.79 Å². The average molecular weight is 295 g/mol. The summed E-state index contributed by atoms with van der Waals surface area (Å²) in [4.78, 5) is 19.6. The Morgan fingerprint density at radius 1 is 1.25 bits per heavy atom. The molecular weight excluding hydrogens is 276 g/mol. The minimum atomic E-state index is 0.144. The highest BCUT2D eigenvalue weighted by Gasteiger charge is 2.18. The van der Waals surface area contributed by atoms with Crippen LogP contribution in [0.5, 0.6) is 0 Å². The molecule has 6 heteroatoms. The van der Waals surface area contributed by atoms with Crippen LogP contribution in [0.4, 0.5) is 11.4 Å². The molecule has 1 saturated heterocycles. The van der Waals surface area contributed by atoms with E-state index in [0.717, 1.165) is 37.6 Å². The molecule has 2 rings (SSSR count). The highest BCUT2D eigenvalue weighted by atomic mass is 35.5. The van der Waals surface area contributed by atoms with Crippen LogP contribution in [0.25, 0.3) is 0 Å². The van der Waals surface area contributed by atoms with Crippen molar-refractivity contribution in [1.82, 2.24) is 4.90 Å². The number of rotatable bonds is 3. The van der Waals surface area contributed by atoms with Crippen LogP contribution in [0.3, 0.4) is 0 Å². The summed E-state index contributed by atoms with van der Waals surface area (Å²) in [7, 11) is 0. The molecule has 0 unspecified atom stereocenters. The van der Waals surface area contributed by atoms with E-state index in [1.807, 2.05) is 29.2 Å². The largest absolute Gasteiger partial charge is 0.386 e. The van der Waals surface area contributed by atoms with E-state index in [1.165, 1.54) is 0 Å². The van der Waals surface area contributed by atoms with Gasteiger partial charge in [-0.2, -0.15) is 0 Å². The molecule has 1 heterocycles. The first kappa shape index (κ1) is 14.7. The summed E-state index contributed by atoms with van der Waals surface area (Å²) in [5, 5.41) is 0. The Morgan fingerprint density at radius 3 is 2.35 bits per heavy atom. The third-order valence-corrected chi connectivity index (χ3v) is 3.62. The van der Waals surface area contributed by atoms with Crippen molar-refractivity contribution in [2.45, 2.75) is 6.92 Å². The molecule has 108 valence electrons. The monoisotopic (exact) mass is 294 g/mol. The number of piperazine rings is 1. The van der Waals surface area contributed by atoms with Gasteiger partial charge in [-0.05, 0) is 24.3 Å². The first-order valence-electron chi connectivity index (χ1n) is 6.59. The van der Waals surface area contributed by atoms with E-state index in [0.29, 0.717) is 5.84 Å². The Bertz CT molecular complexity index is 492. The molecule has 5 nitrogen and oxygen atoms in total. The lowest BCUT2D eigenvalue weighted by Crippen LogP contribution is -2.48. The van der Waals surface area contributed by atoms with Gasteiger partial charge in [-0.15, -0.1) is 11.6 Å². The molecule has 1 aliphatic rings. The predicted molar refractivity (Wildman–Crippen MR) is 82.9 cm³/mol. The van der Waals surface area contributed by atoms with E-state index >= 15 is 0 Å². The van der Waals surface area contributed by atoms with Gasteiger partial charge < -0.3 is 15.5 Å². The van der Waals surface area contributed by atoms with Crippen molar-refractivity contribution >= 4 is 34.7 Å². The van der Waals surface area contributed by atoms with Crippen molar-refractivity contribution in [1.29, 1.82) is 0 Å². The van der Waals surface area contributed by atoms with Crippen molar-refractivity contribution in [3.8, 4) is 0 Å². The molecule has 1 fully saturated rings. The molecular formula is C14H19ClN4O. The van der Waals surface area contributed by atoms with Gasteiger partial charge in [0.05, 0.1) is 11.6 Å². The van der Waals surface area contributed by atoms with Crippen molar-refractivity contribution in [2.75, 3.05) is 37.0 Å². The summed E-state index contributed by atoms with van der Waals surface area (Å²) in [6.45, 7) is 4.87. The first-order chi connectivity index (χ1) is 9.60. The minimum Gasteiger partial charge on any atom is -0.386 e. The summed E-state index contributed by atoms with van der Waals surface area (Å²) in [6, 6.07) is 7.88. The van der Waals surface area contributed by atoms with E-state index in [-0.39, 0.29) is 11.8 Å². The number of halogens is 1. The molecule has 0 spiro atoms. The number of carbonyl (C=O) groups excluding carboxylic acids is 1. The zero-order chi connectivity index (χ0) is 14.5. The second-order valence-corrected chi connectivity index (χ2v) is 5.01. The van der Waals surface area contributed by atoms with Crippen molar-refractivity contribution < 1.29 is 4.79 Å². The molecule has 0 aliphatic carbocycles. The lowest BCUT2D eigenvalue weighted by molar-refractivity contribution is -0.129. The van der Waals surface area contributed by atoms with Crippen LogP contribution in [0.15, 0.2) is 29.3 Å². The third kappa shape index (κ3) is 3.63. The summed E-state index contributed by atoms with van der Waals surface area (Å²) < 4.78 is 0. The van der Waals surface area contributed by atoms with Crippen LogP contribution in [-0.2, 0) is 4.79 Å².